The van der Waals surface area contributed by atoms with Crippen molar-refractivity contribution in [2.24, 2.45) is 0 Å². The van der Waals surface area contributed by atoms with E-state index in [0.717, 1.165) is 11.3 Å². The van der Waals surface area contributed by atoms with Crippen LogP contribution in [0, 0.1) is 0 Å². The van der Waals surface area contributed by atoms with E-state index in [1.165, 1.54) is 11.8 Å². The largest absolute Gasteiger partial charge is 0.342 e. The molecule has 6 nitrogen and oxygen atoms in total. The molecular formula is C18H22N4O2S. The molecule has 1 saturated heterocycles. The van der Waals surface area contributed by atoms with Crippen LogP contribution >= 0.6 is 11.8 Å². The fourth-order valence-electron chi connectivity index (χ4n) is 2.70. The van der Waals surface area contributed by atoms with Crippen molar-refractivity contribution in [2.75, 3.05) is 12.8 Å². The van der Waals surface area contributed by atoms with Crippen LogP contribution in [0.25, 0.3) is 5.69 Å². The highest BCUT2D eigenvalue weighted by molar-refractivity contribution is 8.01. The molecule has 0 unspecified atom stereocenters. The number of carbonyl (C=O) groups is 2. The number of nitrogens with one attached hydrogen (secondary N) is 1. The summed E-state index contributed by atoms with van der Waals surface area (Å²) in [4.78, 5) is 26.4. The quantitative estimate of drug-likeness (QED) is 0.906. The van der Waals surface area contributed by atoms with Crippen molar-refractivity contribution in [3.05, 3.63) is 48.3 Å². The second kappa shape index (κ2) is 6.92. The lowest BCUT2D eigenvalue weighted by molar-refractivity contribution is -0.136. The lowest BCUT2D eigenvalue weighted by Gasteiger charge is -2.34. The fraction of sp³-hybridized carbons (Fsp3) is 0.389. The Hall–Kier alpha value is -2.28. The number of nitrogens with zero attached hydrogens (tertiary/aromatic N) is 3. The number of rotatable bonds is 4. The van der Waals surface area contributed by atoms with Gasteiger partial charge in [-0.1, -0.05) is 12.1 Å². The number of likely N-dealkylation sites (N-methyl/N-ethyl adjacent to an activating group) is 1. The summed E-state index contributed by atoms with van der Waals surface area (Å²) in [7, 11) is 1.76. The van der Waals surface area contributed by atoms with E-state index in [9.17, 15) is 9.59 Å². The van der Waals surface area contributed by atoms with Gasteiger partial charge in [-0.2, -0.15) is 5.10 Å². The highest BCUT2D eigenvalue weighted by atomic mass is 32.2. The molecule has 25 heavy (non-hydrogen) atoms. The third-order valence-electron chi connectivity index (χ3n) is 4.24. The van der Waals surface area contributed by atoms with Crippen LogP contribution in [0.1, 0.15) is 19.4 Å². The molecule has 7 heteroatoms. The van der Waals surface area contributed by atoms with Gasteiger partial charge in [-0.25, -0.2) is 4.68 Å². The third-order valence-corrected chi connectivity index (χ3v) is 5.64. The molecule has 1 aromatic heterocycles. The highest BCUT2D eigenvalue weighted by Crippen LogP contribution is 2.29. The van der Waals surface area contributed by atoms with Crippen LogP contribution in [0.4, 0.5) is 0 Å². The zero-order chi connectivity index (χ0) is 18.0. The summed E-state index contributed by atoms with van der Waals surface area (Å²) >= 11 is 1.52. The van der Waals surface area contributed by atoms with Crippen molar-refractivity contribution in [3.8, 4) is 5.69 Å². The molecule has 2 amide bonds. The van der Waals surface area contributed by atoms with E-state index in [2.05, 4.69) is 10.4 Å². The molecule has 0 radical (unpaired) electrons. The minimum absolute atomic E-state index is 0.0687. The fourth-order valence-corrected chi connectivity index (χ4v) is 3.70. The smallest absolute Gasteiger partial charge is 0.246 e. The summed E-state index contributed by atoms with van der Waals surface area (Å²) in [5.74, 6) is 0.437. The molecule has 0 bridgehead atoms. The number of thioether (sulfide) groups is 1. The van der Waals surface area contributed by atoms with E-state index in [4.69, 9.17) is 0 Å². The van der Waals surface area contributed by atoms with Gasteiger partial charge < -0.3 is 10.2 Å². The Kier molecular flexibility index (Phi) is 4.85. The van der Waals surface area contributed by atoms with Crippen molar-refractivity contribution in [1.29, 1.82) is 0 Å². The van der Waals surface area contributed by atoms with Gasteiger partial charge in [-0.3, -0.25) is 9.59 Å². The lowest BCUT2D eigenvalue weighted by atomic mass is 10.1. The molecule has 0 spiro atoms. The zero-order valence-electron chi connectivity index (χ0n) is 14.6. The van der Waals surface area contributed by atoms with Gasteiger partial charge in [0, 0.05) is 31.7 Å². The number of benzene rings is 1. The van der Waals surface area contributed by atoms with E-state index in [0.29, 0.717) is 12.3 Å². The SMILES string of the molecule is CN(Cc1cccc(-n2cccn2)c1)C(=O)[C@@H]1CSC(C)(C)C(=O)N1. The van der Waals surface area contributed by atoms with Crippen LogP contribution in [0.2, 0.25) is 0 Å². The molecule has 0 aliphatic carbocycles. The Morgan fingerprint density at radius 2 is 2.24 bits per heavy atom. The summed E-state index contributed by atoms with van der Waals surface area (Å²) in [6.07, 6.45) is 3.61. The standard InChI is InChI=1S/C18H22N4O2S/c1-18(2)17(24)20-15(12-25-18)16(23)21(3)11-13-6-4-7-14(10-13)22-9-5-8-19-22/h4-10,15H,11-12H2,1-3H3,(H,20,24)/t15-/m0/s1. The van der Waals surface area contributed by atoms with Crippen molar-refractivity contribution < 1.29 is 9.59 Å². The van der Waals surface area contributed by atoms with Crippen LogP contribution in [0.5, 0.6) is 0 Å². The second-order valence-corrected chi connectivity index (χ2v) is 8.30. The number of hydrogen-bond acceptors (Lipinski definition) is 4. The predicted molar refractivity (Wildman–Crippen MR) is 98.5 cm³/mol. The second-order valence-electron chi connectivity index (χ2n) is 6.66. The average molecular weight is 358 g/mol. The van der Waals surface area contributed by atoms with Gasteiger partial charge in [0.15, 0.2) is 0 Å². The van der Waals surface area contributed by atoms with Crippen LogP contribution in [0.15, 0.2) is 42.7 Å². The van der Waals surface area contributed by atoms with Crippen LogP contribution < -0.4 is 5.32 Å². The van der Waals surface area contributed by atoms with E-state index >= 15 is 0 Å². The van der Waals surface area contributed by atoms with Gasteiger partial charge >= 0.3 is 0 Å². The predicted octanol–water partition coefficient (Wildman–Crippen LogP) is 1.84. The lowest BCUT2D eigenvalue weighted by Crippen LogP contribution is -2.57. The van der Waals surface area contributed by atoms with Gasteiger partial charge in [-0.05, 0) is 37.6 Å². The highest BCUT2D eigenvalue weighted by Gasteiger charge is 2.38. The van der Waals surface area contributed by atoms with E-state index in [1.54, 1.807) is 22.8 Å². The van der Waals surface area contributed by atoms with Crippen molar-refractivity contribution >= 4 is 23.6 Å². The first kappa shape index (κ1) is 17.5. The summed E-state index contributed by atoms with van der Waals surface area (Å²) in [5, 5.41) is 7.06. The maximum Gasteiger partial charge on any atom is 0.246 e. The molecule has 3 rings (SSSR count). The van der Waals surface area contributed by atoms with Crippen molar-refractivity contribution in [2.45, 2.75) is 31.2 Å². The summed E-state index contributed by atoms with van der Waals surface area (Å²) in [5.41, 5.74) is 1.96. The summed E-state index contributed by atoms with van der Waals surface area (Å²) in [6.45, 7) is 4.23. The summed E-state index contributed by atoms with van der Waals surface area (Å²) < 4.78 is 1.30. The Balaban J connectivity index is 1.66. The van der Waals surface area contributed by atoms with Crippen LogP contribution in [-0.2, 0) is 16.1 Å². The zero-order valence-corrected chi connectivity index (χ0v) is 15.4. The van der Waals surface area contributed by atoms with Crippen LogP contribution in [0.3, 0.4) is 0 Å². The average Bonchev–Trinajstić information content (AvgIpc) is 3.11. The molecule has 1 aliphatic rings. The Labute approximate surface area is 151 Å². The molecule has 132 valence electrons. The number of carbonyl (C=O) groups excluding carboxylic acids is 2. The number of hydrogen-bond donors (Lipinski definition) is 1. The minimum Gasteiger partial charge on any atom is -0.342 e. The maximum atomic E-state index is 12.7. The topological polar surface area (TPSA) is 67.2 Å². The molecule has 1 aromatic carbocycles. The van der Waals surface area contributed by atoms with Gasteiger partial charge in [0.2, 0.25) is 11.8 Å². The third kappa shape index (κ3) is 3.87. The number of amides is 2. The van der Waals surface area contributed by atoms with Gasteiger partial charge in [0.25, 0.3) is 0 Å². The molecular weight excluding hydrogens is 336 g/mol. The molecule has 1 N–H and O–H groups in total. The Morgan fingerprint density at radius 1 is 1.44 bits per heavy atom. The van der Waals surface area contributed by atoms with Crippen molar-refractivity contribution in [3.63, 3.8) is 0 Å². The maximum absolute atomic E-state index is 12.7. The van der Waals surface area contributed by atoms with E-state index in [-0.39, 0.29) is 11.8 Å². The van der Waals surface area contributed by atoms with E-state index in [1.807, 2.05) is 50.4 Å². The molecule has 0 saturated carbocycles. The van der Waals surface area contributed by atoms with Gasteiger partial charge in [-0.15, -0.1) is 11.8 Å². The van der Waals surface area contributed by atoms with E-state index < -0.39 is 10.8 Å². The number of aromatic nitrogens is 2. The first-order chi connectivity index (χ1) is 11.9. The molecule has 1 atom stereocenters. The molecule has 2 heterocycles. The molecule has 2 aromatic rings. The normalized spacial score (nSPS) is 19.3. The first-order valence-corrected chi connectivity index (χ1v) is 9.14. The minimum atomic E-state index is -0.479. The van der Waals surface area contributed by atoms with Crippen LogP contribution in [-0.4, -0.2) is 50.1 Å². The monoisotopic (exact) mass is 358 g/mol. The van der Waals surface area contributed by atoms with Gasteiger partial charge in [0.1, 0.15) is 6.04 Å². The molecule has 1 aliphatic heterocycles. The first-order valence-electron chi connectivity index (χ1n) is 8.16. The van der Waals surface area contributed by atoms with Gasteiger partial charge in [0.05, 0.1) is 10.4 Å². The Bertz CT molecular complexity index is 773. The Morgan fingerprint density at radius 3 is 2.92 bits per heavy atom. The summed E-state index contributed by atoms with van der Waals surface area (Å²) in [6, 6.07) is 9.31. The van der Waals surface area contributed by atoms with Crippen molar-refractivity contribution in [1.82, 2.24) is 20.0 Å². The molecule has 1 fully saturated rings.